The Kier molecular flexibility index (Phi) is 7.75. The summed E-state index contributed by atoms with van der Waals surface area (Å²) >= 11 is 7.57. The third-order valence-electron chi connectivity index (χ3n) is 4.95. The van der Waals surface area contributed by atoms with Gasteiger partial charge in [-0.2, -0.15) is 0 Å². The lowest BCUT2D eigenvalue weighted by Gasteiger charge is -2.31. The number of piperidine rings is 1. The van der Waals surface area contributed by atoms with Gasteiger partial charge in [-0.05, 0) is 49.6 Å². The van der Waals surface area contributed by atoms with Crippen molar-refractivity contribution in [2.45, 2.75) is 39.0 Å². The van der Waals surface area contributed by atoms with Crippen LogP contribution in [0, 0.1) is 5.82 Å². The third-order valence-corrected chi connectivity index (χ3v) is 6.16. The molecule has 0 spiro atoms. The van der Waals surface area contributed by atoms with E-state index in [0.29, 0.717) is 44.7 Å². The molecule has 0 radical (unpaired) electrons. The van der Waals surface area contributed by atoms with Crippen LogP contribution in [0.5, 0.6) is 0 Å². The number of guanidine groups is 1. The number of nitrogens with zero attached hydrogens (tertiary/aromatic N) is 3. The Morgan fingerprint density at radius 3 is 2.72 bits per heavy atom. The molecule has 2 aromatic rings. The average molecular weight is 439 g/mol. The number of hydrogen-bond donors (Lipinski definition) is 2. The van der Waals surface area contributed by atoms with Gasteiger partial charge in [0, 0.05) is 31.6 Å². The molecule has 0 amide bonds. The molecule has 1 saturated heterocycles. The molecular formula is C21H28ClFN4OS. The SMILES string of the molecule is CCNC(=NCc1ccc(N2CCC(O)CC2)c(F)c1)N(C)Cc1ccc(Cl)s1. The monoisotopic (exact) mass is 438 g/mol. The van der Waals surface area contributed by atoms with Crippen molar-refractivity contribution in [3.63, 3.8) is 0 Å². The first-order valence-electron chi connectivity index (χ1n) is 9.91. The Labute approximate surface area is 180 Å². The van der Waals surface area contributed by atoms with Crippen LogP contribution in [0.4, 0.5) is 10.1 Å². The van der Waals surface area contributed by atoms with Crippen molar-refractivity contribution in [3.8, 4) is 0 Å². The first-order chi connectivity index (χ1) is 14.0. The van der Waals surface area contributed by atoms with Crippen LogP contribution in [0.1, 0.15) is 30.2 Å². The van der Waals surface area contributed by atoms with E-state index in [-0.39, 0.29) is 11.9 Å². The molecule has 2 N–H and O–H groups in total. The summed E-state index contributed by atoms with van der Waals surface area (Å²) in [6.45, 7) is 5.23. The number of thiophene rings is 1. The zero-order chi connectivity index (χ0) is 20.8. The minimum atomic E-state index is -0.269. The number of aliphatic hydroxyl groups excluding tert-OH is 1. The van der Waals surface area contributed by atoms with Crippen LogP contribution in [0.2, 0.25) is 4.34 Å². The quantitative estimate of drug-likeness (QED) is 0.526. The Bertz CT molecular complexity index is 836. The van der Waals surface area contributed by atoms with Gasteiger partial charge in [-0.3, -0.25) is 0 Å². The van der Waals surface area contributed by atoms with E-state index < -0.39 is 0 Å². The van der Waals surface area contributed by atoms with E-state index in [4.69, 9.17) is 11.6 Å². The van der Waals surface area contributed by atoms with E-state index in [2.05, 4.69) is 10.3 Å². The van der Waals surface area contributed by atoms with Gasteiger partial charge < -0.3 is 20.2 Å². The second kappa shape index (κ2) is 10.3. The zero-order valence-electron chi connectivity index (χ0n) is 16.9. The summed E-state index contributed by atoms with van der Waals surface area (Å²) in [5.74, 6) is 0.534. The molecule has 0 unspecified atom stereocenters. The van der Waals surface area contributed by atoms with Crippen LogP contribution in [0.25, 0.3) is 0 Å². The Morgan fingerprint density at radius 1 is 1.34 bits per heavy atom. The molecule has 2 heterocycles. The van der Waals surface area contributed by atoms with Gasteiger partial charge in [0.2, 0.25) is 0 Å². The van der Waals surface area contributed by atoms with Gasteiger partial charge >= 0.3 is 0 Å². The molecule has 1 aromatic heterocycles. The maximum Gasteiger partial charge on any atom is 0.194 e. The highest BCUT2D eigenvalue weighted by Crippen LogP contribution is 2.25. The molecule has 158 valence electrons. The number of hydrogen-bond acceptors (Lipinski definition) is 4. The second-order valence-corrected chi connectivity index (χ2v) is 9.04. The summed E-state index contributed by atoms with van der Waals surface area (Å²) < 4.78 is 15.4. The largest absolute Gasteiger partial charge is 0.393 e. The lowest BCUT2D eigenvalue weighted by Crippen LogP contribution is -2.38. The lowest BCUT2D eigenvalue weighted by atomic mass is 10.1. The zero-order valence-corrected chi connectivity index (χ0v) is 18.4. The molecule has 0 bridgehead atoms. The topological polar surface area (TPSA) is 51.1 Å². The van der Waals surface area contributed by atoms with Crippen LogP contribution >= 0.6 is 22.9 Å². The normalized spacial score (nSPS) is 15.6. The predicted octanol–water partition coefficient (Wildman–Crippen LogP) is 4.10. The molecule has 1 aliphatic heterocycles. The van der Waals surface area contributed by atoms with Gasteiger partial charge in [0.1, 0.15) is 5.82 Å². The highest BCUT2D eigenvalue weighted by atomic mass is 35.5. The number of anilines is 1. The molecule has 3 rings (SSSR count). The summed E-state index contributed by atoms with van der Waals surface area (Å²) in [5, 5.41) is 12.9. The Hall–Kier alpha value is -1.83. The van der Waals surface area contributed by atoms with Crippen molar-refractivity contribution >= 4 is 34.6 Å². The smallest absolute Gasteiger partial charge is 0.194 e. The third kappa shape index (κ3) is 6.07. The van der Waals surface area contributed by atoms with Crippen molar-refractivity contribution in [2.24, 2.45) is 4.99 Å². The number of nitrogens with one attached hydrogen (secondary N) is 1. The van der Waals surface area contributed by atoms with Gasteiger partial charge in [0.05, 0.1) is 29.2 Å². The highest BCUT2D eigenvalue weighted by Gasteiger charge is 2.19. The van der Waals surface area contributed by atoms with Crippen LogP contribution in [-0.4, -0.2) is 48.8 Å². The van der Waals surface area contributed by atoms with Gasteiger partial charge in [-0.25, -0.2) is 9.38 Å². The number of benzene rings is 1. The number of rotatable bonds is 6. The molecule has 0 saturated carbocycles. The minimum Gasteiger partial charge on any atom is -0.393 e. The van der Waals surface area contributed by atoms with Crippen LogP contribution in [-0.2, 0) is 13.1 Å². The van der Waals surface area contributed by atoms with Gasteiger partial charge in [0.25, 0.3) is 0 Å². The summed E-state index contributed by atoms with van der Waals surface area (Å²) in [7, 11) is 1.98. The Balaban J connectivity index is 1.66. The van der Waals surface area contributed by atoms with Crippen LogP contribution in [0.15, 0.2) is 35.3 Å². The summed E-state index contributed by atoms with van der Waals surface area (Å²) in [4.78, 5) is 9.86. The average Bonchev–Trinajstić information content (AvgIpc) is 3.10. The van der Waals surface area contributed by atoms with Crippen LogP contribution in [0.3, 0.4) is 0 Å². The molecule has 29 heavy (non-hydrogen) atoms. The molecule has 1 aromatic carbocycles. The summed E-state index contributed by atoms with van der Waals surface area (Å²) in [5.41, 5.74) is 1.43. The fourth-order valence-electron chi connectivity index (χ4n) is 3.39. The predicted molar refractivity (Wildman–Crippen MR) is 119 cm³/mol. The molecule has 8 heteroatoms. The molecule has 5 nitrogen and oxygen atoms in total. The maximum absolute atomic E-state index is 14.7. The first-order valence-corrected chi connectivity index (χ1v) is 11.1. The van der Waals surface area contributed by atoms with Crippen molar-refractivity contribution in [1.29, 1.82) is 0 Å². The van der Waals surface area contributed by atoms with E-state index in [0.717, 1.165) is 27.3 Å². The molecular weight excluding hydrogens is 411 g/mol. The maximum atomic E-state index is 14.7. The van der Waals surface area contributed by atoms with E-state index in [1.165, 1.54) is 0 Å². The molecule has 1 aliphatic rings. The summed E-state index contributed by atoms with van der Waals surface area (Å²) in [6, 6.07) is 9.22. The second-order valence-electron chi connectivity index (χ2n) is 7.24. The number of halogens is 2. The van der Waals surface area contributed by atoms with E-state index in [1.54, 1.807) is 17.4 Å². The first kappa shape index (κ1) is 21.9. The van der Waals surface area contributed by atoms with Gasteiger partial charge in [0.15, 0.2) is 5.96 Å². The van der Waals surface area contributed by atoms with Crippen molar-refractivity contribution in [2.75, 3.05) is 31.6 Å². The molecule has 0 atom stereocenters. The van der Waals surface area contributed by atoms with Crippen LogP contribution < -0.4 is 10.2 Å². The van der Waals surface area contributed by atoms with E-state index >= 15 is 0 Å². The van der Waals surface area contributed by atoms with E-state index in [9.17, 15) is 9.50 Å². The number of aliphatic imine (C=N–C) groups is 1. The standard InChI is InChI=1S/C21H28ClFN4OS/c1-3-24-21(26(2)14-17-5-7-20(22)29-17)25-13-15-4-6-19(18(23)12-15)27-10-8-16(28)9-11-27/h4-7,12,16,28H,3,8-11,13-14H2,1-2H3,(H,24,25). The fraction of sp³-hybridized carbons (Fsp3) is 0.476. The van der Waals surface area contributed by atoms with Gasteiger partial charge in [-0.15, -0.1) is 11.3 Å². The Morgan fingerprint density at radius 2 is 2.10 bits per heavy atom. The minimum absolute atomic E-state index is 0.235. The van der Waals surface area contributed by atoms with Crippen molar-refractivity contribution < 1.29 is 9.50 Å². The van der Waals surface area contributed by atoms with E-state index in [1.807, 2.05) is 48.0 Å². The highest BCUT2D eigenvalue weighted by molar-refractivity contribution is 7.16. The fourth-order valence-corrected chi connectivity index (χ4v) is 4.53. The molecule has 0 aliphatic carbocycles. The molecule has 1 fully saturated rings. The van der Waals surface area contributed by atoms with Crippen molar-refractivity contribution in [3.05, 3.63) is 50.9 Å². The van der Waals surface area contributed by atoms with Gasteiger partial charge in [-0.1, -0.05) is 17.7 Å². The number of aliphatic hydroxyl groups is 1. The van der Waals surface area contributed by atoms with Crippen molar-refractivity contribution in [1.82, 2.24) is 10.2 Å². The summed E-state index contributed by atoms with van der Waals surface area (Å²) in [6.07, 6.45) is 1.09. The lowest BCUT2D eigenvalue weighted by molar-refractivity contribution is 0.145.